The Morgan fingerprint density at radius 2 is 1.82 bits per heavy atom. The van der Waals surface area contributed by atoms with Crippen LogP contribution in [0.1, 0.15) is 33.6 Å². The molecule has 2 N–H and O–H groups in total. The van der Waals surface area contributed by atoms with E-state index in [1.165, 1.54) is 0 Å². The molecule has 0 bridgehead atoms. The van der Waals surface area contributed by atoms with Crippen molar-refractivity contribution in [3.8, 4) is 0 Å². The van der Waals surface area contributed by atoms with Crippen molar-refractivity contribution in [3.63, 3.8) is 0 Å². The summed E-state index contributed by atoms with van der Waals surface area (Å²) in [6.45, 7) is 6.48. The maximum Gasteiger partial charge on any atom is 0.311 e. The van der Waals surface area contributed by atoms with Gasteiger partial charge in [0.2, 0.25) is 5.91 Å². The SMILES string of the molecule is CC(C)(C)C(=O)NCC1(C(=O)O)CCOCC1. The molecule has 0 aliphatic carbocycles. The van der Waals surface area contributed by atoms with Crippen LogP contribution in [-0.2, 0) is 14.3 Å². The number of hydrogen-bond donors (Lipinski definition) is 2. The van der Waals surface area contributed by atoms with E-state index < -0.39 is 16.8 Å². The molecule has 98 valence electrons. The number of hydrogen-bond acceptors (Lipinski definition) is 3. The molecular formula is C12H21NO4. The van der Waals surface area contributed by atoms with Crippen LogP contribution in [0.3, 0.4) is 0 Å². The summed E-state index contributed by atoms with van der Waals surface area (Å²) in [6.07, 6.45) is 0.902. The van der Waals surface area contributed by atoms with Gasteiger partial charge < -0.3 is 15.2 Å². The van der Waals surface area contributed by atoms with Crippen LogP contribution in [0.15, 0.2) is 0 Å². The van der Waals surface area contributed by atoms with E-state index in [0.29, 0.717) is 26.1 Å². The van der Waals surface area contributed by atoms with Gasteiger partial charge in [-0.15, -0.1) is 0 Å². The van der Waals surface area contributed by atoms with Crippen molar-refractivity contribution in [2.45, 2.75) is 33.6 Å². The summed E-state index contributed by atoms with van der Waals surface area (Å²) in [5.74, 6) is -0.973. The maximum atomic E-state index is 11.7. The second kappa shape index (κ2) is 5.04. The predicted molar refractivity (Wildman–Crippen MR) is 62.6 cm³/mol. The molecule has 5 nitrogen and oxygen atoms in total. The maximum absolute atomic E-state index is 11.7. The van der Waals surface area contributed by atoms with Crippen LogP contribution in [0, 0.1) is 10.8 Å². The van der Waals surface area contributed by atoms with Gasteiger partial charge in [0.05, 0.1) is 5.41 Å². The summed E-state index contributed by atoms with van der Waals surface area (Å²) in [5.41, 5.74) is -1.36. The second-order valence-electron chi connectivity index (χ2n) is 5.63. The Labute approximate surface area is 102 Å². The van der Waals surface area contributed by atoms with Crippen LogP contribution in [0.25, 0.3) is 0 Å². The molecule has 0 saturated carbocycles. The molecule has 5 heteroatoms. The van der Waals surface area contributed by atoms with Crippen LogP contribution in [0.2, 0.25) is 0 Å². The van der Waals surface area contributed by atoms with Crippen LogP contribution in [-0.4, -0.2) is 36.7 Å². The molecule has 0 spiro atoms. The van der Waals surface area contributed by atoms with E-state index in [1.54, 1.807) is 20.8 Å². The number of carbonyl (C=O) groups excluding carboxylic acids is 1. The van der Waals surface area contributed by atoms with Crippen LogP contribution in [0.4, 0.5) is 0 Å². The van der Waals surface area contributed by atoms with Crippen LogP contribution >= 0.6 is 0 Å². The summed E-state index contributed by atoms with van der Waals surface area (Å²) in [6, 6.07) is 0. The highest BCUT2D eigenvalue weighted by Gasteiger charge is 2.41. The third-order valence-electron chi connectivity index (χ3n) is 3.17. The Morgan fingerprint density at radius 1 is 1.29 bits per heavy atom. The number of carboxylic acids is 1. The Bertz CT molecular complexity index is 300. The molecule has 1 aliphatic rings. The molecule has 0 aromatic heterocycles. The number of ether oxygens (including phenoxy) is 1. The molecule has 1 aliphatic heterocycles. The van der Waals surface area contributed by atoms with E-state index in [2.05, 4.69) is 5.32 Å². The van der Waals surface area contributed by atoms with Gasteiger partial charge in [-0.3, -0.25) is 9.59 Å². The molecule has 0 aromatic carbocycles. The lowest BCUT2D eigenvalue weighted by Crippen LogP contribution is -2.48. The number of carbonyl (C=O) groups is 2. The van der Waals surface area contributed by atoms with E-state index in [9.17, 15) is 14.7 Å². The first-order valence-electron chi connectivity index (χ1n) is 5.87. The third-order valence-corrected chi connectivity index (χ3v) is 3.17. The van der Waals surface area contributed by atoms with Crippen LogP contribution in [0.5, 0.6) is 0 Å². The zero-order chi connectivity index (χ0) is 13.1. The van der Waals surface area contributed by atoms with Crippen LogP contribution < -0.4 is 5.32 Å². The summed E-state index contributed by atoms with van der Waals surface area (Å²) in [5, 5.41) is 12.0. The molecule has 0 atom stereocenters. The highest BCUT2D eigenvalue weighted by molar-refractivity contribution is 5.82. The van der Waals surface area contributed by atoms with Gasteiger partial charge in [0.15, 0.2) is 0 Å². The summed E-state index contributed by atoms with van der Waals surface area (Å²) in [7, 11) is 0. The fourth-order valence-corrected chi connectivity index (χ4v) is 1.74. The number of nitrogens with one attached hydrogen (secondary N) is 1. The average molecular weight is 243 g/mol. The first-order chi connectivity index (χ1) is 7.78. The van der Waals surface area contributed by atoms with Crippen molar-refractivity contribution in [1.82, 2.24) is 5.32 Å². The van der Waals surface area contributed by atoms with E-state index in [1.807, 2.05) is 0 Å². The first-order valence-corrected chi connectivity index (χ1v) is 5.87. The van der Waals surface area contributed by atoms with Gasteiger partial charge in [0.1, 0.15) is 0 Å². The Balaban J connectivity index is 2.63. The smallest absolute Gasteiger partial charge is 0.311 e. The van der Waals surface area contributed by atoms with Crippen molar-refractivity contribution in [2.24, 2.45) is 10.8 Å². The van der Waals surface area contributed by atoms with Crippen molar-refractivity contribution in [1.29, 1.82) is 0 Å². The normalized spacial score (nSPS) is 19.7. The van der Waals surface area contributed by atoms with E-state index in [-0.39, 0.29) is 12.5 Å². The molecule has 0 radical (unpaired) electrons. The zero-order valence-corrected chi connectivity index (χ0v) is 10.7. The molecule has 1 heterocycles. The highest BCUT2D eigenvalue weighted by Crippen LogP contribution is 2.30. The number of amides is 1. The standard InChI is InChI=1S/C12H21NO4/c1-11(2,3)9(14)13-8-12(10(15)16)4-6-17-7-5-12/h4-8H2,1-3H3,(H,13,14)(H,15,16). The van der Waals surface area contributed by atoms with Gasteiger partial charge in [-0.1, -0.05) is 20.8 Å². The average Bonchev–Trinajstić information content (AvgIpc) is 2.25. The molecule has 17 heavy (non-hydrogen) atoms. The van der Waals surface area contributed by atoms with E-state index in [0.717, 1.165) is 0 Å². The highest BCUT2D eigenvalue weighted by atomic mass is 16.5. The lowest BCUT2D eigenvalue weighted by Gasteiger charge is -2.34. The third kappa shape index (κ3) is 3.43. The number of rotatable bonds is 3. The van der Waals surface area contributed by atoms with Crippen molar-refractivity contribution >= 4 is 11.9 Å². The summed E-state index contributed by atoms with van der Waals surface area (Å²) >= 11 is 0. The van der Waals surface area contributed by atoms with Gasteiger partial charge in [0.25, 0.3) is 0 Å². The van der Waals surface area contributed by atoms with Crippen molar-refractivity contribution in [3.05, 3.63) is 0 Å². The minimum Gasteiger partial charge on any atom is -0.481 e. The van der Waals surface area contributed by atoms with Crippen molar-refractivity contribution < 1.29 is 19.4 Å². The molecule has 1 saturated heterocycles. The fourth-order valence-electron chi connectivity index (χ4n) is 1.74. The molecule has 1 amide bonds. The Kier molecular flexibility index (Phi) is 4.14. The molecular weight excluding hydrogens is 222 g/mol. The molecule has 0 unspecified atom stereocenters. The quantitative estimate of drug-likeness (QED) is 0.776. The second-order valence-corrected chi connectivity index (χ2v) is 5.63. The Hall–Kier alpha value is -1.10. The van der Waals surface area contributed by atoms with Gasteiger partial charge in [-0.2, -0.15) is 0 Å². The number of aliphatic carboxylic acids is 1. The summed E-state index contributed by atoms with van der Waals surface area (Å²) < 4.78 is 5.17. The van der Waals surface area contributed by atoms with E-state index in [4.69, 9.17) is 4.74 Å². The molecule has 0 aromatic rings. The largest absolute Gasteiger partial charge is 0.481 e. The minimum absolute atomic E-state index is 0.121. The van der Waals surface area contributed by atoms with E-state index >= 15 is 0 Å². The fraction of sp³-hybridized carbons (Fsp3) is 0.833. The monoisotopic (exact) mass is 243 g/mol. The van der Waals surface area contributed by atoms with Gasteiger partial charge >= 0.3 is 5.97 Å². The van der Waals surface area contributed by atoms with Crippen molar-refractivity contribution in [2.75, 3.05) is 19.8 Å². The lowest BCUT2D eigenvalue weighted by molar-refractivity contribution is -0.155. The lowest BCUT2D eigenvalue weighted by atomic mass is 9.80. The molecule has 1 fully saturated rings. The minimum atomic E-state index is -0.862. The first kappa shape index (κ1) is 14.0. The Morgan fingerprint density at radius 3 is 2.24 bits per heavy atom. The number of carboxylic acid groups (broad SMARTS) is 1. The zero-order valence-electron chi connectivity index (χ0n) is 10.7. The van der Waals surface area contributed by atoms with Gasteiger partial charge in [-0.05, 0) is 12.8 Å². The topological polar surface area (TPSA) is 75.6 Å². The summed E-state index contributed by atoms with van der Waals surface area (Å²) in [4.78, 5) is 23.1. The van der Waals surface area contributed by atoms with Gasteiger partial charge in [0, 0.05) is 25.2 Å². The predicted octanol–water partition coefficient (Wildman–Crippen LogP) is 1.03. The molecule has 1 rings (SSSR count). The van der Waals surface area contributed by atoms with Gasteiger partial charge in [-0.25, -0.2) is 0 Å².